The molecule has 2 heterocycles. The van der Waals surface area contributed by atoms with Gasteiger partial charge < -0.3 is 15.4 Å². The van der Waals surface area contributed by atoms with Crippen LogP contribution in [0.25, 0.3) is 0 Å². The molecule has 2 amide bonds. The summed E-state index contributed by atoms with van der Waals surface area (Å²) in [6.45, 7) is 1.29. The normalized spacial score (nSPS) is 18.7. The predicted molar refractivity (Wildman–Crippen MR) is 107 cm³/mol. The summed E-state index contributed by atoms with van der Waals surface area (Å²) in [5.41, 5.74) is 2.35. The van der Waals surface area contributed by atoms with Crippen LogP contribution < -0.4 is 10.6 Å². The first-order valence-electron chi connectivity index (χ1n) is 9.63. The van der Waals surface area contributed by atoms with Crippen LogP contribution in [0.2, 0.25) is 0 Å². The van der Waals surface area contributed by atoms with Crippen molar-refractivity contribution >= 4 is 28.2 Å². The van der Waals surface area contributed by atoms with Crippen LogP contribution in [-0.2, 0) is 17.6 Å². The van der Waals surface area contributed by atoms with Gasteiger partial charge in [-0.25, -0.2) is 0 Å². The second-order valence-corrected chi connectivity index (χ2v) is 8.19. The topological polar surface area (TPSA) is 67.4 Å². The Morgan fingerprint density at radius 2 is 1.89 bits per heavy atom. The van der Waals surface area contributed by atoms with E-state index in [-0.39, 0.29) is 17.9 Å². The number of hydrogen-bond acceptors (Lipinski definition) is 4. The van der Waals surface area contributed by atoms with Crippen LogP contribution in [0.1, 0.15) is 56.8 Å². The molecule has 0 bridgehead atoms. The number of thiophene rings is 1. The number of hydrogen-bond donors (Lipinski definition) is 2. The van der Waals surface area contributed by atoms with E-state index in [4.69, 9.17) is 4.74 Å². The largest absolute Gasteiger partial charge is 0.376 e. The number of fused-ring (bicyclic) bond motifs is 1. The van der Waals surface area contributed by atoms with Crippen LogP contribution >= 0.6 is 11.3 Å². The molecule has 1 fully saturated rings. The number of nitrogens with one attached hydrogen (secondary N) is 2. The highest BCUT2D eigenvalue weighted by molar-refractivity contribution is 7.17. The molecule has 0 unspecified atom stereocenters. The van der Waals surface area contributed by atoms with Gasteiger partial charge in [0.2, 0.25) is 0 Å². The van der Waals surface area contributed by atoms with E-state index in [2.05, 4.69) is 10.6 Å². The monoisotopic (exact) mass is 384 g/mol. The lowest BCUT2D eigenvalue weighted by molar-refractivity contribution is 0.0858. The molecule has 4 rings (SSSR count). The molecule has 1 aliphatic carbocycles. The molecule has 2 N–H and O–H groups in total. The first-order chi connectivity index (χ1) is 13.2. The second-order valence-electron chi connectivity index (χ2n) is 7.08. The lowest BCUT2D eigenvalue weighted by Gasteiger charge is -2.15. The summed E-state index contributed by atoms with van der Waals surface area (Å²) in [5.74, 6) is -0.282. The van der Waals surface area contributed by atoms with E-state index in [0.717, 1.165) is 50.7 Å². The Morgan fingerprint density at radius 3 is 2.67 bits per heavy atom. The van der Waals surface area contributed by atoms with Gasteiger partial charge in [0.25, 0.3) is 11.8 Å². The summed E-state index contributed by atoms with van der Waals surface area (Å²) >= 11 is 1.55. The van der Waals surface area contributed by atoms with E-state index in [1.807, 2.05) is 18.2 Å². The minimum absolute atomic E-state index is 0.103. The Bertz CT molecular complexity index is 825. The van der Waals surface area contributed by atoms with E-state index >= 15 is 0 Å². The van der Waals surface area contributed by atoms with Crippen LogP contribution in [0.4, 0.5) is 5.00 Å². The molecule has 1 aromatic heterocycles. The fourth-order valence-corrected chi connectivity index (χ4v) is 5.04. The molecule has 6 heteroatoms. The Morgan fingerprint density at radius 1 is 1.07 bits per heavy atom. The van der Waals surface area contributed by atoms with Crippen LogP contribution in [-0.4, -0.2) is 31.1 Å². The zero-order chi connectivity index (χ0) is 18.6. The van der Waals surface area contributed by atoms with Gasteiger partial charge in [0.15, 0.2) is 0 Å². The number of anilines is 1. The number of amides is 2. The highest BCUT2D eigenvalue weighted by Gasteiger charge is 2.27. The Labute approximate surface area is 163 Å². The van der Waals surface area contributed by atoms with Crippen LogP contribution in [0, 0.1) is 0 Å². The van der Waals surface area contributed by atoms with Crippen LogP contribution in [0.15, 0.2) is 30.3 Å². The fraction of sp³-hybridized carbons (Fsp3) is 0.429. The van der Waals surface area contributed by atoms with Gasteiger partial charge in [-0.2, -0.15) is 0 Å². The van der Waals surface area contributed by atoms with Gasteiger partial charge in [0.1, 0.15) is 5.00 Å². The zero-order valence-corrected chi connectivity index (χ0v) is 16.1. The van der Waals surface area contributed by atoms with Gasteiger partial charge in [0.05, 0.1) is 11.7 Å². The molecule has 0 saturated carbocycles. The van der Waals surface area contributed by atoms with Crippen molar-refractivity contribution < 1.29 is 14.3 Å². The molecule has 0 radical (unpaired) electrons. The quantitative estimate of drug-likeness (QED) is 0.824. The molecule has 2 aliphatic rings. The number of rotatable bonds is 5. The third-order valence-corrected chi connectivity index (χ3v) is 6.38. The number of benzene rings is 1. The third-order valence-electron chi connectivity index (χ3n) is 5.18. The molecule has 142 valence electrons. The number of carbonyl (C=O) groups excluding carboxylic acids is 2. The SMILES string of the molecule is O=C(Nc1sc2c(c1C(=O)NC[C@H]1CCCO1)CCCC2)c1ccccc1. The average molecular weight is 385 g/mol. The maximum absolute atomic E-state index is 13.0. The van der Waals surface area contributed by atoms with Gasteiger partial charge in [0, 0.05) is 23.6 Å². The van der Waals surface area contributed by atoms with Gasteiger partial charge in [-0.1, -0.05) is 18.2 Å². The molecule has 0 spiro atoms. The van der Waals surface area contributed by atoms with Crippen molar-refractivity contribution in [2.24, 2.45) is 0 Å². The molecule has 5 nitrogen and oxygen atoms in total. The van der Waals surface area contributed by atoms with Crippen molar-refractivity contribution in [3.05, 3.63) is 51.9 Å². The van der Waals surface area contributed by atoms with Gasteiger partial charge in [-0.15, -0.1) is 11.3 Å². The summed E-state index contributed by atoms with van der Waals surface area (Å²) < 4.78 is 5.60. The van der Waals surface area contributed by atoms with Gasteiger partial charge in [-0.05, 0) is 56.2 Å². The van der Waals surface area contributed by atoms with Crippen molar-refractivity contribution in [3.63, 3.8) is 0 Å². The smallest absolute Gasteiger partial charge is 0.256 e. The van der Waals surface area contributed by atoms with Crippen molar-refractivity contribution in [3.8, 4) is 0 Å². The standard InChI is InChI=1S/C21H24N2O3S/c24-19(14-7-2-1-3-8-14)23-21-18(16-10-4-5-11-17(16)27-21)20(25)22-13-15-9-6-12-26-15/h1-3,7-8,15H,4-6,9-13H2,(H,22,25)(H,23,24)/t15-/m1/s1. The Balaban J connectivity index is 1.56. The Kier molecular flexibility index (Phi) is 5.55. The first-order valence-corrected chi connectivity index (χ1v) is 10.4. The highest BCUT2D eigenvalue weighted by Crippen LogP contribution is 2.38. The minimum atomic E-state index is -0.178. The second kappa shape index (κ2) is 8.23. The van der Waals surface area contributed by atoms with Crippen molar-refractivity contribution in [2.75, 3.05) is 18.5 Å². The number of aryl methyl sites for hydroxylation is 1. The lowest BCUT2D eigenvalue weighted by Crippen LogP contribution is -2.32. The van der Waals surface area contributed by atoms with Gasteiger partial charge in [-0.3, -0.25) is 9.59 Å². The van der Waals surface area contributed by atoms with E-state index in [9.17, 15) is 9.59 Å². The number of carbonyl (C=O) groups is 2. The predicted octanol–water partition coefficient (Wildman–Crippen LogP) is 3.79. The fourth-order valence-electron chi connectivity index (χ4n) is 3.76. The Hall–Kier alpha value is -2.18. The minimum Gasteiger partial charge on any atom is -0.376 e. The molecule has 1 atom stereocenters. The summed E-state index contributed by atoms with van der Waals surface area (Å²) in [4.78, 5) is 26.8. The molecular formula is C21H24N2O3S. The lowest BCUT2D eigenvalue weighted by atomic mass is 9.95. The van der Waals surface area contributed by atoms with Crippen LogP contribution in [0.5, 0.6) is 0 Å². The highest BCUT2D eigenvalue weighted by atomic mass is 32.1. The van der Waals surface area contributed by atoms with Crippen molar-refractivity contribution in [2.45, 2.75) is 44.6 Å². The van der Waals surface area contributed by atoms with Crippen molar-refractivity contribution in [1.29, 1.82) is 0 Å². The van der Waals surface area contributed by atoms with Gasteiger partial charge >= 0.3 is 0 Å². The number of ether oxygens (including phenoxy) is 1. The van der Waals surface area contributed by atoms with E-state index in [0.29, 0.717) is 22.7 Å². The van der Waals surface area contributed by atoms with Crippen molar-refractivity contribution in [1.82, 2.24) is 5.32 Å². The molecule has 27 heavy (non-hydrogen) atoms. The molecule has 2 aromatic rings. The average Bonchev–Trinajstić information content (AvgIpc) is 3.34. The molecule has 1 aliphatic heterocycles. The maximum atomic E-state index is 13.0. The van der Waals surface area contributed by atoms with E-state index in [1.165, 1.54) is 4.88 Å². The summed E-state index contributed by atoms with van der Waals surface area (Å²) in [6, 6.07) is 9.11. The zero-order valence-electron chi connectivity index (χ0n) is 15.3. The summed E-state index contributed by atoms with van der Waals surface area (Å²) in [6.07, 6.45) is 6.24. The van der Waals surface area contributed by atoms with E-state index in [1.54, 1.807) is 23.5 Å². The third kappa shape index (κ3) is 4.06. The molecule has 1 saturated heterocycles. The van der Waals surface area contributed by atoms with E-state index < -0.39 is 0 Å². The van der Waals surface area contributed by atoms with Crippen LogP contribution in [0.3, 0.4) is 0 Å². The maximum Gasteiger partial charge on any atom is 0.256 e. The summed E-state index contributed by atoms with van der Waals surface area (Å²) in [5, 5.41) is 6.67. The summed E-state index contributed by atoms with van der Waals surface area (Å²) in [7, 11) is 0. The molecular weight excluding hydrogens is 360 g/mol. The molecule has 1 aromatic carbocycles. The first kappa shape index (κ1) is 18.2.